The van der Waals surface area contributed by atoms with Gasteiger partial charge in [0.05, 0.1) is 12.2 Å². The van der Waals surface area contributed by atoms with Crippen LogP contribution in [0.2, 0.25) is 0 Å². The first-order chi connectivity index (χ1) is 12.8. The fourth-order valence-corrected chi connectivity index (χ4v) is 3.55. The molecule has 1 aromatic carbocycles. The number of hydrogen-bond acceptors (Lipinski definition) is 4. The van der Waals surface area contributed by atoms with Gasteiger partial charge >= 0.3 is 0 Å². The van der Waals surface area contributed by atoms with E-state index in [4.69, 9.17) is 0 Å². The van der Waals surface area contributed by atoms with Gasteiger partial charge in [-0.1, -0.05) is 18.2 Å². The number of para-hydroxylation sites is 1. The first-order valence-corrected chi connectivity index (χ1v) is 8.83. The molecule has 4 heterocycles. The molecule has 0 atom stereocenters. The average molecular weight is 346 g/mol. The van der Waals surface area contributed by atoms with Gasteiger partial charge in [-0.3, -0.25) is 18.6 Å². The number of aromatic nitrogens is 6. The van der Waals surface area contributed by atoms with E-state index in [0.29, 0.717) is 17.7 Å². The van der Waals surface area contributed by atoms with Gasteiger partial charge in [0.1, 0.15) is 12.7 Å². The van der Waals surface area contributed by atoms with Crippen molar-refractivity contribution in [2.24, 2.45) is 0 Å². The molecule has 26 heavy (non-hydrogen) atoms. The van der Waals surface area contributed by atoms with Crippen molar-refractivity contribution in [3.8, 4) is 5.69 Å². The predicted molar refractivity (Wildman–Crippen MR) is 97.4 cm³/mol. The van der Waals surface area contributed by atoms with Gasteiger partial charge in [0, 0.05) is 17.9 Å². The van der Waals surface area contributed by atoms with Crippen LogP contribution in [0.15, 0.2) is 53.8 Å². The summed E-state index contributed by atoms with van der Waals surface area (Å²) in [5.41, 5.74) is 3.88. The summed E-state index contributed by atoms with van der Waals surface area (Å²) in [5, 5.41) is 4.62. The Hall–Kier alpha value is -3.22. The highest BCUT2D eigenvalue weighted by atomic mass is 16.1. The lowest BCUT2D eigenvalue weighted by atomic mass is 10.1. The van der Waals surface area contributed by atoms with Crippen molar-refractivity contribution in [3.05, 3.63) is 70.8 Å². The Morgan fingerprint density at radius 3 is 2.77 bits per heavy atom. The molecule has 4 aromatic rings. The number of nitrogens with zero attached hydrogens (tertiary/aromatic N) is 6. The second-order valence-corrected chi connectivity index (χ2v) is 6.61. The fraction of sp³-hybridized carbons (Fsp3) is 0.263. The molecule has 0 saturated carbocycles. The van der Waals surface area contributed by atoms with E-state index >= 15 is 0 Å². The minimum absolute atomic E-state index is 0.143. The van der Waals surface area contributed by atoms with Gasteiger partial charge in [0.25, 0.3) is 5.56 Å². The number of fused-ring (bicyclic) bond motifs is 2. The maximum absolute atomic E-state index is 12.8. The van der Waals surface area contributed by atoms with Crippen molar-refractivity contribution < 1.29 is 0 Å². The van der Waals surface area contributed by atoms with Crippen molar-refractivity contribution in [2.75, 3.05) is 0 Å². The Labute approximate surface area is 149 Å². The molecule has 0 saturated heterocycles. The topological polar surface area (TPSA) is 70.5 Å². The number of rotatable bonds is 3. The van der Waals surface area contributed by atoms with Gasteiger partial charge in [-0.2, -0.15) is 5.10 Å². The molecule has 0 N–H and O–H groups in total. The van der Waals surface area contributed by atoms with E-state index in [0.717, 1.165) is 24.3 Å². The summed E-state index contributed by atoms with van der Waals surface area (Å²) in [6.07, 6.45) is 6.66. The second-order valence-electron chi connectivity index (χ2n) is 6.61. The molecule has 7 nitrogen and oxygen atoms in total. The largest absolute Gasteiger partial charge is 0.291 e. The number of imidazole rings is 1. The highest BCUT2D eigenvalue weighted by molar-refractivity contribution is 5.71. The normalized spacial score (nSPS) is 13.8. The van der Waals surface area contributed by atoms with E-state index in [1.54, 1.807) is 17.2 Å². The molecule has 0 unspecified atom stereocenters. The van der Waals surface area contributed by atoms with Crippen molar-refractivity contribution in [1.82, 2.24) is 28.9 Å². The third kappa shape index (κ3) is 2.44. The van der Waals surface area contributed by atoms with Gasteiger partial charge in [0.2, 0.25) is 0 Å². The quantitative estimate of drug-likeness (QED) is 0.570. The van der Waals surface area contributed by atoms with Crippen LogP contribution >= 0.6 is 0 Å². The molecule has 0 spiro atoms. The highest BCUT2D eigenvalue weighted by Crippen LogP contribution is 2.16. The molecular formula is C19H18N6O. The lowest BCUT2D eigenvalue weighted by Crippen LogP contribution is -2.22. The SMILES string of the molecule is O=c1c2ncn(-c3ccccc3)c2ncn1Cc1cc2n(n1)CCCC2. The Balaban J connectivity index is 1.53. The Bertz CT molecular complexity index is 1110. The van der Waals surface area contributed by atoms with Crippen LogP contribution in [0.1, 0.15) is 24.2 Å². The highest BCUT2D eigenvalue weighted by Gasteiger charge is 2.15. The fourth-order valence-electron chi connectivity index (χ4n) is 3.55. The van der Waals surface area contributed by atoms with E-state index in [-0.39, 0.29) is 5.56 Å². The molecule has 130 valence electrons. The summed E-state index contributed by atoms with van der Waals surface area (Å²) < 4.78 is 5.47. The van der Waals surface area contributed by atoms with Gasteiger partial charge in [-0.15, -0.1) is 0 Å². The van der Waals surface area contributed by atoms with Gasteiger partial charge < -0.3 is 0 Å². The zero-order valence-corrected chi connectivity index (χ0v) is 14.2. The van der Waals surface area contributed by atoms with Gasteiger partial charge in [-0.05, 0) is 37.5 Å². The molecule has 0 radical (unpaired) electrons. The van der Waals surface area contributed by atoms with E-state index in [1.165, 1.54) is 18.5 Å². The summed E-state index contributed by atoms with van der Waals surface area (Å²) in [5.74, 6) is 0. The Kier molecular flexibility index (Phi) is 3.44. The lowest BCUT2D eigenvalue weighted by Gasteiger charge is -2.11. The lowest BCUT2D eigenvalue weighted by molar-refractivity contribution is 0.482. The smallest absolute Gasteiger partial charge is 0.281 e. The van der Waals surface area contributed by atoms with E-state index in [1.807, 2.05) is 34.9 Å². The Morgan fingerprint density at radius 2 is 1.92 bits per heavy atom. The van der Waals surface area contributed by atoms with Crippen LogP contribution in [-0.4, -0.2) is 28.9 Å². The molecule has 3 aromatic heterocycles. The summed E-state index contributed by atoms with van der Waals surface area (Å²) in [6, 6.07) is 11.9. The Morgan fingerprint density at radius 1 is 1.04 bits per heavy atom. The maximum atomic E-state index is 12.8. The van der Waals surface area contributed by atoms with E-state index in [2.05, 4.69) is 25.8 Å². The first-order valence-electron chi connectivity index (χ1n) is 8.83. The molecule has 5 rings (SSSR count). The van der Waals surface area contributed by atoms with Gasteiger partial charge in [-0.25, -0.2) is 9.97 Å². The first kappa shape index (κ1) is 15.1. The molecule has 0 fully saturated rings. The molecule has 0 amide bonds. The standard InChI is InChI=1S/C19H18N6O/c26-19-17-18(24(13-20-17)15-6-2-1-3-7-15)21-12-23(19)11-14-10-16-8-4-5-9-25(16)22-14/h1-3,6-7,10,12-13H,4-5,8-9,11H2. The van der Waals surface area contributed by atoms with Crippen LogP contribution in [0.25, 0.3) is 16.9 Å². The summed E-state index contributed by atoms with van der Waals surface area (Å²) in [4.78, 5) is 21.6. The molecular weight excluding hydrogens is 328 g/mol. The average Bonchev–Trinajstić information content (AvgIpc) is 3.28. The van der Waals surface area contributed by atoms with Crippen LogP contribution in [-0.2, 0) is 19.5 Å². The van der Waals surface area contributed by atoms with Crippen LogP contribution < -0.4 is 5.56 Å². The summed E-state index contributed by atoms with van der Waals surface area (Å²) >= 11 is 0. The van der Waals surface area contributed by atoms with Crippen LogP contribution in [0.5, 0.6) is 0 Å². The zero-order valence-electron chi connectivity index (χ0n) is 14.2. The minimum Gasteiger partial charge on any atom is -0.291 e. The second kappa shape index (κ2) is 5.94. The van der Waals surface area contributed by atoms with E-state index < -0.39 is 0 Å². The zero-order chi connectivity index (χ0) is 17.5. The summed E-state index contributed by atoms with van der Waals surface area (Å²) in [7, 11) is 0. The predicted octanol–water partition coefficient (Wildman–Crippen LogP) is 2.16. The van der Waals surface area contributed by atoms with Crippen LogP contribution in [0.3, 0.4) is 0 Å². The number of aryl methyl sites for hydroxylation is 2. The van der Waals surface area contributed by atoms with Crippen molar-refractivity contribution in [1.29, 1.82) is 0 Å². The number of benzene rings is 1. The third-order valence-electron chi connectivity index (χ3n) is 4.86. The monoisotopic (exact) mass is 346 g/mol. The minimum atomic E-state index is -0.143. The van der Waals surface area contributed by atoms with Crippen molar-refractivity contribution >= 4 is 11.2 Å². The number of hydrogen-bond donors (Lipinski definition) is 0. The molecule has 0 aliphatic carbocycles. The van der Waals surface area contributed by atoms with Crippen molar-refractivity contribution in [2.45, 2.75) is 32.4 Å². The molecule has 1 aliphatic rings. The molecule has 7 heteroatoms. The van der Waals surface area contributed by atoms with E-state index in [9.17, 15) is 4.79 Å². The maximum Gasteiger partial charge on any atom is 0.281 e. The van der Waals surface area contributed by atoms with Crippen molar-refractivity contribution in [3.63, 3.8) is 0 Å². The summed E-state index contributed by atoms with van der Waals surface area (Å²) in [6.45, 7) is 1.38. The molecule has 0 bridgehead atoms. The van der Waals surface area contributed by atoms with Crippen LogP contribution in [0, 0.1) is 0 Å². The van der Waals surface area contributed by atoms with Gasteiger partial charge in [0.15, 0.2) is 11.2 Å². The molecule has 1 aliphatic heterocycles. The third-order valence-corrected chi connectivity index (χ3v) is 4.86. The van der Waals surface area contributed by atoms with Crippen LogP contribution in [0.4, 0.5) is 0 Å².